The van der Waals surface area contributed by atoms with E-state index in [0.29, 0.717) is 11.1 Å². The van der Waals surface area contributed by atoms with Gasteiger partial charge in [0.1, 0.15) is 0 Å². The quantitative estimate of drug-likeness (QED) is 0.348. The van der Waals surface area contributed by atoms with Crippen molar-refractivity contribution in [3.8, 4) is 0 Å². The molecule has 0 saturated carbocycles. The minimum atomic E-state index is -4.57. The Balaban J connectivity index is 2.21. The number of alkyl halides is 6. The Morgan fingerprint density at radius 3 is 1.23 bits per heavy atom. The number of rotatable bonds is 10. The number of hydrogen-bond donors (Lipinski definition) is 0. The van der Waals surface area contributed by atoms with Crippen LogP contribution in [-0.2, 0) is 17.6 Å². The Morgan fingerprint density at radius 1 is 0.645 bits per heavy atom. The van der Waals surface area contributed by atoms with Crippen LogP contribution in [0.4, 0.5) is 26.3 Å². The Hall–Kier alpha value is -2.54. The van der Waals surface area contributed by atoms with E-state index in [2.05, 4.69) is 13.2 Å². The van der Waals surface area contributed by atoms with Crippen LogP contribution in [0.1, 0.15) is 35.1 Å². The lowest BCUT2D eigenvalue weighted by molar-refractivity contribution is -0.189. The van der Waals surface area contributed by atoms with Crippen LogP contribution < -0.4 is 0 Å². The first-order valence-electron chi connectivity index (χ1n) is 9.69. The van der Waals surface area contributed by atoms with Gasteiger partial charge >= 0.3 is 12.4 Å². The molecular weight excluding hydrogens is 418 g/mol. The molecule has 2 unspecified atom stereocenters. The molecule has 2 atom stereocenters. The molecule has 2 rings (SSSR count). The maximum absolute atomic E-state index is 13.1. The highest BCUT2D eigenvalue weighted by Gasteiger charge is 2.37. The lowest BCUT2D eigenvalue weighted by Crippen LogP contribution is -2.33. The average molecular weight is 442 g/mol. The van der Waals surface area contributed by atoms with Crippen molar-refractivity contribution in [1.29, 1.82) is 0 Å². The van der Waals surface area contributed by atoms with Gasteiger partial charge in [-0.3, -0.25) is 0 Å². The summed E-state index contributed by atoms with van der Waals surface area (Å²) in [5.74, 6) is 0. The predicted octanol–water partition coefficient (Wildman–Crippen LogP) is 7.42. The highest BCUT2D eigenvalue weighted by Crippen LogP contribution is 2.30. The number of ether oxygens (including phenoxy) is 1. The summed E-state index contributed by atoms with van der Waals surface area (Å²) < 4.78 is 84.0. The monoisotopic (exact) mass is 442 g/mol. The van der Waals surface area contributed by atoms with Crippen molar-refractivity contribution >= 4 is 12.2 Å². The second-order valence-electron chi connectivity index (χ2n) is 7.32. The molecule has 7 heteroatoms. The van der Waals surface area contributed by atoms with E-state index in [4.69, 9.17) is 4.74 Å². The van der Waals surface area contributed by atoms with E-state index < -0.39 is 37.4 Å². The van der Waals surface area contributed by atoms with Crippen LogP contribution in [-0.4, -0.2) is 24.6 Å². The Bertz CT molecular complexity index is 763. The molecule has 0 aliphatic rings. The van der Waals surface area contributed by atoms with Gasteiger partial charge in [-0.1, -0.05) is 73.8 Å². The van der Waals surface area contributed by atoms with Crippen molar-refractivity contribution in [3.05, 3.63) is 83.9 Å². The summed E-state index contributed by atoms with van der Waals surface area (Å²) in [5.41, 5.74) is 2.66. The third-order valence-corrected chi connectivity index (χ3v) is 4.66. The summed E-state index contributed by atoms with van der Waals surface area (Å²) in [5, 5.41) is 0. The highest BCUT2D eigenvalue weighted by atomic mass is 19.4. The SMILES string of the molecule is C=Cc1ccc(CC(CC(F)(F)F)OC(Cc2ccc(C=C)cc2)CC(F)(F)F)cc1. The smallest absolute Gasteiger partial charge is 0.374 e. The van der Waals surface area contributed by atoms with Gasteiger partial charge in [0.25, 0.3) is 0 Å². The van der Waals surface area contributed by atoms with Crippen LogP contribution >= 0.6 is 0 Å². The molecule has 0 radical (unpaired) electrons. The maximum Gasteiger partial charge on any atom is 0.391 e. The minimum Gasteiger partial charge on any atom is -0.374 e. The first kappa shape index (κ1) is 24.7. The Morgan fingerprint density at radius 2 is 0.968 bits per heavy atom. The average Bonchev–Trinajstić information content (AvgIpc) is 2.66. The Labute approximate surface area is 178 Å². The third-order valence-electron chi connectivity index (χ3n) is 4.66. The summed E-state index contributed by atoms with van der Waals surface area (Å²) >= 11 is 0. The molecule has 0 aliphatic heterocycles. The van der Waals surface area contributed by atoms with E-state index in [-0.39, 0.29) is 12.8 Å². The van der Waals surface area contributed by atoms with E-state index in [1.165, 1.54) is 0 Å². The zero-order chi connectivity index (χ0) is 23.1. The molecule has 2 aromatic carbocycles. The predicted molar refractivity (Wildman–Crippen MR) is 110 cm³/mol. The molecule has 0 fully saturated rings. The fourth-order valence-corrected chi connectivity index (χ4v) is 3.23. The molecule has 1 nitrogen and oxygen atoms in total. The summed E-state index contributed by atoms with van der Waals surface area (Å²) in [4.78, 5) is 0. The van der Waals surface area contributed by atoms with Crippen LogP contribution in [0.15, 0.2) is 61.7 Å². The van der Waals surface area contributed by atoms with Crippen LogP contribution in [0.25, 0.3) is 12.2 Å². The molecular formula is C24H24F6O. The second kappa shape index (κ2) is 10.7. The molecule has 0 saturated heterocycles. The molecule has 0 bridgehead atoms. The summed E-state index contributed by atoms with van der Waals surface area (Å²) in [6.45, 7) is 7.22. The maximum atomic E-state index is 13.1. The van der Waals surface area contributed by atoms with E-state index in [0.717, 1.165) is 11.1 Å². The summed E-state index contributed by atoms with van der Waals surface area (Å²) in [6.07, 6.45) is -11.8. The largest absolute Gasteiger partial charge is 0.391 e. The molecule has 0 aliphatic carbocycles. The lowest BCUT2D eigenvalue weighted by Gasteiger charge is -2.27. The minimum absolute atomic E-state index is 0.152. The van der Waals surface area contributed by atoms with E-state index in [9.17, 15) is 26.3 Å². The van der Waals surface area contributed by atoms with Crippen LogP contribution in [0.5, 0.6) is 0 Å². The van der Waals surface area contributed by atoms with Gasteiger partial charge < -0.3 is 4.74 Å². The Kier molecular flexibility index (Phi) is 8.51. The van der Waals surface area contributed by atoms with E-state index >= 15 is 0 Å². The fraction of sp³-hybridized carbons (Fsp3) is 0.333. The molecule has 0 aromatic heterocycles. The number of hydrogen-bond acceptors (Lipinski definition) is 1. The van der Waals surface area contributed by atoms with Crippen molar-refractivity contribution in [2.45, 2.75) is 50.2 Å². The van der Waals surface area contributed by atoms with Gasteiger partial charge in [-0.25, -0.2) is 0 Å². The normalized spacial score (nSPS) is 14.1. The van der Waals surface area contributed by atoms with Gasteiger partial charge in [0.05, 0.1) is 25.0 Å². The molecule has 0 heterocycles. The number of halogens is 6. The van der Waals surface area contributed by atoms with Crippen molar-refractivity contribution in [1.82, 2.24) is 0 Å². The summed E-state index contributed by atoms with van der Waals surface area (Å²) in [6, 6.07) is 13.2. The van der Waals surface area contributed by atoms with Gasteiger partial charge in [0.2, 0.25) is 0 Å². The van der Waals surface area contributed by atoms with Crippen LogP contribution in [0.3, 0.4) is 0 Å². The zero-order valence-corrected chi connectivity index (χ0v) is 16.8. The molecule has 0 N–H and O–H groups in total. The lowest BCUT2D eigenvalue weighted by atomic mass is 10.0. The van der Waals surface area contributed by atoms with Crippen LogP contribution in [0.2, 0.25) is 0 Å². The zero-order valence-electron chi connectivity index (χ0n) is 16.8. The molecule has 2 aromatic rings. The standard InChI is InChI=1S/C24H24F6O/c1-3-17-5-9-19(10-6-17)13-21(15-23(25,26)27)31-22(16-24(28,29)30)14-20-11-7-18(4-2)8-12-20/h3-12,21-22H,1-2,13-16H2. The van der Waals surface area contributed by atoms with Crippen molar-refractivity contribution in [3.63, 3.8) is 0 Å². The van der Waals surface area contributed by atoms with Gasteiger partial charge in [0.15, 0.2) is 0 Å². The summed E-state index contributed by atoms with van der Waals surface area (Å²) in [7, 11) is 0. The highest BCUT2D eigenvalue weighted by molar-refractivity contribution is 5.47. The first-order valence-corrected chi connectivity index (χ1v) is 9.69. The van der Waals surface area contributed by atoms with Gasteiger partial charge in [-0.2, -0.15) is 26.3 Å². The number of benzene rings is 2. The van der Waals surface area contributed by atoms with Crippen molar-refractivity contribution < 1.29 is 31.1 Å². The van der Waals surface area contributed by atoms with E-state index in [1.807, 2.05) is 0 Å². The third kappa shape index (κ3) is 9.42. The molecule has 0 amide bonds. The van der Waals surface area contributed by atoms with Gasteiger partial charge in [0, 0.05) is 0 Å². The van der Waals surface area contributed by atoms with Gasteiger partial charge in [-0.05, 0) is 35.1 Å². The topological polar surface area (TPSA) is 9.23 Å². The van der Waals surface area contributed by atoms with Gasteiger partial charge in [-0.15, -0.1) is 0 Å². The first-order chi connectivity index (χ1) is 14.5. The second-order valence-corrected chi connectivity index (χ2v) is 7.32. The van der Waals surface area contributed by atoms with Crippen molar-refractivity contribution in [2.75, 3.05) is 0 Å². The fourth-order valence-electron chi connectivity index (χ4n) is 3.23. The van der Waals surface area contributed by atoms with Crippen LogP contribution in [0, 0.1) is 0 Å². The molecule has 168 valence electrons. The molecule has 31 heavy (non-hydrogen) atoms. The van der Waals surface area contributed by atoms with E-state index in [1.54, 1.807) is 60.7 Å². The van der Waals surface area contributed by atoms with Crippen molar-refractivity contribution in [2.24, 2.45) is 0 Å². The molecule has 0 spiro atoms.